The van der Waals surface area contributed by atoms with Crippen LogP contribution in [-0.2, 0) is 4.74 Å². The molecule has 0 saturated carbocycles. The van der Waals surface area contributed by atoms with Crippen LogP contribution in [0.15, 0.2) is 12.1 Å². The summed E-state index contributed by atoms with van der Waals surface area (Å²) in [7, 11) is 0. The molecule has 0 unspecified atom stereocenters. The van der Waals surface area contributed by atoms with Crippen LogP contribution in [-0.4, -0.2) is 42.8 Å². The summed E-state index contributed by atoms with van der Waals surface area (Å²) in [5.74, 6) is 0.462. The van der Waals surface area contributed by atoms with E-state index < -0.39 is 5.60 Å². The average Bonchev–Trinajstić information content (AvgIpc) is 2.53. The van der Waals surface area contributed by atoms with Crippen LogP contribution in [0, 0.1) is 5.82 Å². The number of carbonyl (C=O) groups excluding carboxylic acids is 1. The predicted molar refractivity (Wildman–Crippen MR) is 90.2 cm³/mol. The molecule has 132 valence electrons. The van der Waals surface area contributed by atoms with E-state index in [9.17, 15) is 9.18 Å². The molecule has 0 aliphatic carbocycles. The molecule has 2 heterocycles. The van der Waals surface area contributed by atoms with Crippen molar-refractivity contribution in [2.75, 3.05) is 31.6 Å². The van der Waals surface area contributed by atoms with Crippen molar-refractivity contribution in [1.82, 2.24) is 4.90 Å². The van der Waals surface area contributed by atoms with Crippen molar-refractivity contribution in [3.63, 3.8) is 0 Å². The molecular formula is C18H25FN2O3. The number of benzene rings is 1. The Morgan fingerprint density at radius 3 is 2.71 bits per heavy atom. The quantitative estimate of drug-likeness (QED) is 0.849. The first-order valence-corrected chi connectivity index (χ1v) is 8.52. The molecule has 0 spiro atoms. The maximum absolute atomic E-state index is 14.4. The fourth-order valence-corrected chi connectivity index (χ4v) is 3.27. The Kier molecular flexibility index (Phi) is 4.56. The van der Waals surface area contributed by atoms with E-state index in [1.54, 1.807) is 11.0 Å². The van der Waals surface area contributed by atoms with Crippen LogP contribution >= 0.6 is 0 Å². The molecule has 3 rings (SSSR count). The van der Waals surface area contributed by atoms with Gasteiger partial charge in [0.2, 0.25) is 0 Å². The number of hydrogen-bond acceptors (Lipinski definition) is 4. The first-order valence-electron chi connectivity index (χ1n) is 8.52. The van der Waals surface area contributed by atoms with Crippen LogP contribution in [0.1, 0.15) is 45.1 Å². The van der Waals surface area contributed by atoms with Gasteiger partial charge in [0.25, 0.3) is 0 Å². The van der Waals surface area contributed by atoms with Crippen LogP contribution in [0.2, 0.25) is 0 Å². The summed E-state index contributed by atoms with van der Waals surface area (Å²) < 4.78 is 25.6. The number of fused-ring (bicyclic) bond motifs is 1. The lowest BCUT2D eigenvalue weighted by molar-refractivity contribution is 0.0204. The maximum Gasteiger partial charge on any atom is 0.410 e. The summed E-state index contributed by atoms with van der Waals surface area (Å²) in [5, 5.41) is 3.25. The molecule has 1 amide bonds. The third-order valence-corrected chi connectivity index (χ3v) is 4.36. The van der Waals surface area contributed by atoms with Gasteiger partial charge in [-0.1, -0.05) is 0 Å². The number of nitrogens with one attached hydrogen (secondary N) is 1. The second kappa shape index (κ2) is 6.49. The number of likely N-dealkylation sites (tertiary alicyclic amines) is 1. The molecule has 24 heavy (non-hydrogen) atoms. The van der Waals surface area contributed by atoms with Crippen LogP contribution in [0.3, 0.4) is 0 Å². The van der Waals surface area contributed by atoms with Gasteiger partial charge in [0, 0.05) is 25.2 Å². The molecule has 1 fully saturated rings. The molecule has 2 aliphatic rings. The minimum absolute atomic E-state index is 0.0542. The third-order valence-electron chi connectivity index (χ3n) is 4.36. The van der Waals surface area contributed by atoms with Crippen LogP contribution in [0.4, 0.5) is 14.9 Å². The Morgan fingerprint density at radius 1 is 1.33 bits per heavy atom. The smallest absolute Gasteiger partial charge is 0.410 e. The van der Waals surface area contributed by atoms with E-state index in [1.807, 2.05) is 20.8 Å². The molecule has 1 aromatic rings. The number of carbonyl (C=O) groups is 1. The monoisotopic (exact) mass is 336 g/mol. The fourth-order valence-electron chi connectivity index (χ4n) is 3.27. The van der Waals surface area contributed by atoms with Crippen molar-refractivity contribution in [2.45, 2.75) is 45.1 Å². The molecule has 0 atom stereocenters. The highest BCUT2D eigenvalue weighted by atomic mass is 19.1. The molecule has 6 heteroatoms. The molecule has 0 aromatic heterocycles. The van der Waals surface area contributed by atoms with Gasteiger partial charge in [0.1, 0.15) is 23.8 Å². The lowest BCUT2D eigenvalue weighted by Crippen LogP contribution is -2.41. The van der Waals surface area contributed by atoms with E-state index in [1.165, 1.54) is 6.07 Å². The lowest BCUT2D eigenvalue weighted by Gasteiger charge is -2.35. The standard InChI is InChI=1S/C18H25FN2O3/c1-18(2,3)24-17(22)21-9-6-12(7-10-21)15-13(19)4-5-14-16(15)23-11-8-20-14/h4-5,12,20H,6-11H2,1-3H3. The van der Waals surface area contributed by atoms with Gasteiger partial charge >= 0.3 is 6.09 Å². The van der Waals surface area contributed by atoms with Crippen molar-refractivity contribution in [2.24, 2.45) is 0 Å². The van der Waals surface area contributed by atoms with Gasteiger partial charge < -0.3 is 19.7 Å². The number of rotatable bonds is 1. The van der Waals surface area contributed by atoms with E-state index in [0.717, 1.165) is 12.2 Å². The maximum atomic E-state index is 14.4. The van der Waals surface area contributed by atoms with Crippen molar-refractivity contribution in [1.29, 1.82) is 0 Å². The first kappa shape index (κ1) is 16.9. The van der Waals surface area contributed by atoms with Gasteiger partial charge in [-0.2, -0.15) is 0 Å². The normalized spacial score (nSPS) is 18.4. The Morgan fingerprint density at radius 2 is 2.04 bits per heavy atom. The Hall–Kier alpha value is -1.98. The fraction of sp³-hybridized carbons (Fsp3) is 0.611. The zero-order chi connectivity index (χ0) is 17.3. The van der Waals surface area contributed by atoms with Crippen LogP contribution < -0.4 is 10.1 Å². The van der Waals surface area contributed by atoms with E-state index in [0.29, 0.717) is 43.9 Å². The summed E-state index contributed by atoms with van der Waals surface area (Å²) in [6, 6.07) is 3.22. The van der Waals surface area contributed by atoms with E-state index in [-0.39, 0.29) is 17.8 Å². The number of ether oxygens (including phenoxy) is 2. The molecule has 0 bridgehead atoms. The topological polar surface area (TPSA) is 50.8 Å². The molecule has 1 N–H and O–H groups in total. The highest BCUT2D eigenvalue weighted by molar-refractivity contribution is 5.68. The zero-order valence-corrected chi connectivity index (χ0v) is 14.5. The minimum Gasteiger partial charge on any atom is -0.489 e. The summed E-state index contributed by atoms with van der Waals surface area (Å²) in [6.07, 6.45) is 1.11. The van der Waals surface area contributed by atoms with Gasteiger partial charge in [-0.25, -0.2) is 9.18 Å². The van der Waals surface area contributed by atoms with Crippen molar-refractivity contribution in [3.05, 3.63) is 23.5 Å². The van der Waals surface area contributed by atoms with Crippen LogP contribution in [0.5, 0.6) is 5.75 Å². The largest absolute Gasteiger partial charge is 0.489 e. The number of piperidine rings is 1. The number of anilines is 1. The SMILES string of the molecule is CC(C)(C)OC(=O)N1CCC(c2c(F)ccc3c2OCCN3)CC1. The Balaban J connectivity index is 1.70. The van der Waals surface area contributed by atoms with Gasteiger partial charge in [0.15, 0.2) is 0 Å². The zero-order valence-electron chi connectivity index (χ0n) is 14.5. The number of amides is 1. The van der Waals surface area contributed by atoms with Gasteiger partial charge in [-0.15, -0.1) is 0 Å². The second-order valence-corrected chi connectivity index (χ2v) is 7.35. The summed E-state index contributed by atoms with van der Waals surface area (Å²) >= 11 is 0. The van der Waals surface area contributed by atoms with Crippen molar-refractivity contribution < 1.29 is 18.7 Å². The van der Waals surface area contributed by atoms with Crippen molar-refractivity contribution >= 4 is 11.8 Å². The first-order chi connectivity index (χ1) is 11.3. The Bertz CT molecular complexity index is 619. The minimum atomic E-state index is -0.502. The molecular weight excluding hydrogens is 311 g/mol. The van der Waals surface area contributed by atoms with Gasteiger partial charge in [-0.05, 0) is 51.7 Å². The number of halogens is 1. The van der Waals surface area contributed by atoms with Gasteiger partial charge in [-0.3, -0.25) is 0 Å². The molecule has 2 aliphatic heterocycles. The number of nitrogens with zero attached hydrogens (tertiary/aromatic N) is 1. The predicted octanol–water partition coefficient (Wildman–Crippen LogP) is 3.74. The van der Waals surface area contributed by atoms with E-state index >= 15 is 0 Å². The number of hydrogen-bond donors (Lipinski definition) is 1. The van der Waals surface area contributed by atoms with E-state index in [2.05, 4.69) is 5.32 Å². The van der Waals surface area contributed by atoms with Gasteiger partial charge in [0.05, 0.1) is 5.69 Å². The highest BCUT2D eigenvalue weighted by Crippen LogP contribution is 2.41. The molecule has 1 saturated heterocycles. The summed E-state index contributed by atoms with van der Waals surface area (Å²) in [6.45, 7) is 7.97. The Labute approximate surface area is 142 Å². The van der Waals surface area contributed by atoms with E-state index in [4.69, 9.17) is 9.47 Å². The summed E-state index contributed by atoms with van der Waals surface area (Å²) in [4.78, 5) is 13.9. The highest BCUT2D eigenvalue weighted by Gasteiger charge is 2.31. The summed E-state index contributed by atoms with van der Waals surface area (Å²) in [5.41, 5.74) is 0.994. The molecule has 5 nitrogen and oxygen atoms in total. The molecule has 0 radical (unpaired) electrons. The van der Waals surface area contributed by atoms with Crippen LogP contribution in [0.25, 0.3) is 0 Å². The lowest BCUT2D eigenvalue weighted by atomic mass is 9.88. The van der Waals surface area contributed by atoms with Crippen molar-refractivity contribution in [3.8, 4) is 5.75 Å². The third kappa shape index (κ3) is 3.57. The second-order valence-electron chi connectivity index (χ2n) is 7.35. The average molecular weight is 336 g/mol. The molecule has 1 aromatic carbocycles.